The average molecular weight is 157 g/mol. The average Bonchev–Trinajstić information content (AvgIpc) is 2.37. The van der Waals surface area contributed by atoms with Gasteiger partial charge in [0.15, 0.2) is 6.29 Å². The van der Waals surface area contributed by atoms with Crippen LogP contribution in [0.15, 0.2) is 5.38 Å². The molecule has 10 heavy (non-hydrogen) atoms. The molecule has 4 heteroatoms. The van der Waals surface area contributed by atoms with E-state index < -0.39 is 0 Å². The van der Waals surface area contributed by atoms with Gasteiger partial charge in [0.2, 0.25) is 0 Å². The SMILES string of the molecule is O=Cc1csc(CCO)n1. The minimum absolute atomic E-state index is 0.0891. The fraction of sp³-hybridized carbons (Fsp3) is 0.333. The van der Waals surface area contributed by atoms with Gasteiger partial charge in [-0.2, -0.15) is 0 Å². The van der Waals surface area contributed by atoms with Crippen molar-refractivity contribution in [3.05, 3.63) is 16.1 Å². The number of carbonyl (C=O) groups is 1. The number of nitrogens with zero attached hydrogens (tertiary/aromatic N) is 1. The summed E-state index contributed by atoms with van der Waals surface area (Å²) in [5.41, 5.74) is 0.452. The first-order chi connectivity index (χ1) is 4.86. The lowest BCUT2D eigenvalue weighted by Crippen LogP contribution is -1.89. The summed E-state index contributed by atoms with van der Waals surface area (Å²) in [6.07, 6.45) is 1.25. The molecule has 0 aromatic carbocycles. The molecule has 1 rings (SSSR count). The number of aromatic nitrogens is 1. The Labute approximate surface area is 62.3 Å². The summed E-state index contributed by atoms with van der Waals surface area (Å²) in [6, 6.07) is 0. The second-order valence-corrected chi connectivity index (χ2v) is 2.70. The molecular formula is C6H7NO2S. The van der Waals surface area contributed by atoms with Crippen LogP contribution in [0.25, 0.3) is 0 Å². The van der Waals surface area contributed by atoms with Crippen LogP contribution in [0.2, 0.25) is 0 Å². The number of hydrogen-bond donors (Lipinski definition) is 1. The van der Waals surface area contributed by atoms with E-state index in [1.54, 1.807) is 5.38 Å². The van der Waals surface area contributed by atoms with E-state index >= 15 is 0 Å². The van der Waals surface area contributed by atoms with Crippen LogP contribution in [0, 0.1) is 0 Å². The molecule has 0 atom stereocenters. The van der Waals surface area contributed by atoms with E-state index in [0.29, 0.717) is 18.4 Å². The third kappa shape index (κ3) is 1.62. The van der Waals surface area contributed by atoms with Gasteiger partial charge in [0.1, 0.15) is 5.69 Å². The van der Waals surface area contributed by atoms with E-state index in [9.17, 15) is 4.79 Å². The van der Waals surface area contributed by atoms with Crippen LogP contribution in [0.5, 0.6) is 0 Å². The van der Waals surface area contributed by atoms with E-state index in [0.717, 1.165) is 5.01 Å². The highest BCUT2D eigenvalue weighted by molar-refractivity contribution is 7.09. The van der Waals surface area contributed by atoms with Gasteiger partial charge in [-0.1, -0.05) is 0 Å². The number of aliphatic hydroxyl groups excluding tert-OH is 1. The molecule has 0 bridgehead atoms. The van der Waals surface area contributed by atoms with Crippen molar-refractivity contribution in [3.63, 3.8) is 0 Å². The largest absolute Gasteiger partial charge is 0.396 e. The van der Waals surface area contributed by atoms with Crippen molar-refractivity contribution in [3.8, 4) is 0 Å². The molecule has 0 saturated carbocycles. The third-order valence-electron chi connectivity index (χ3n) is 1.02. The van der Waals surface area contributed by atoms with Crippen molar-refractivity contribution >= 4 is 17.6 Å². The van der Waals surface area contributed by atoms with E-state index in [-0.39, 0.29) is 6.61 Å². The van der Waals surface area contributed by atoms with Crippen molar-refractivity contribution in [1.82, 2.24) is 4.98 Å². The summed E-state index contributed by atoms with van der Waals surface area (Å²) in [5.74, 6) is 0. The molecule has 0 aliphatic heterocycles. The fourth-order valence-electron chi connectivity index (χ4n) is 0.590. The Hall–Kier alpha value is -0.740. The maximum Gasteiger partial charge on any atom is 0.169 e. The van der Waals surface area contributed by atoms with Crippen LogP contribution in [-0.2, 0) is 6.42 Å². The van der Waals surface area contributed by atoms with Crippen LogP contribution in [0.4, 0.5) is 0 Å². The molecule has 0 aliphatic carbocycles. The van der Waals surface area contributed by atoms with E-state index in [1.165, 1.54) is 11.3 Å². The fourth-order valence-corrected chi connectivity index (χ4v) is 1.32. The number of aliphatic hydroxyl groups is 1. The van der Waals surface area contributed by atoms with Gasteiger partial charge in [0, 0.05) is 18.4 Å². The van der Waals surface area contributed by atoms with Gasteiger partial charge in [0.25, 0.3) is 0 Å². The Kier molecular flexibility index (Phi) is 2.53. The molecule has 1 aromatic heterocycles. The van der Waals surface area contributed by atoms with Crippen LogP contribution in [0.1, 0.15) is 15.5 Å². The molecule has 0 spiro atoms. The molecule has 0 aliphatic rings. The zero-order valence-electron chi connectivity index (χ0n) is 5.28. The first-order valence-electron chi connectivity index (χ1n) is 2.87. The molecule has 1 heterocycles. The Morgan fingerprint density at radius 1 is 1.80 bits per heavy atom. The van der Waals surface area contributed by atoms with Crippen LogP contribution >= 0.6 is 11.3 Å². The number of thiazole rings is 1. The molecule has 0 fully saturated rings. The minimum Gasteiger partial charge on any atom is -0.396 e. The molecule has 3 nitrogen and oxygen atoms in total. The quantitative estimate of drug-likeness (QED) is 0.649. The topological polar surface area (TPSA) is 50.2 Å². The van der Waals surface area contributed by atoms with Crippen molar-refractivity contribution in [2.75, 3.05) is 6.61 Å². The van der Waals surface area contributed by atoms with Crippen LogP contribution < -0.4 is 0 Å². The summed E-state index contributed by atoms with van der Waals surface area (Å²) in [5, 5.41) is 11.0. The zero-order chi connectivity index (χ0) is 7.40. The second kappa shape index (κ2) is 3.43. The summed E-state index contributed by atoms with van der Waals surface area (Å²) in [6.45, 7) is 0.0891. The predicted octanol–water partition coefficient (Wildman–Crippen LogP) is 0.490. The van der Waals surface area contributed by atoms with E-state index in [1.807, 2.05) is 0 Å². The highest BCUT2D eigenvalue weighted by atomic mass is 32.1. The van der Waals surface area contributed by atoms with Gasteiger partial charge in [-0.25, -0.2) is 4.98 Å². The first kappa shape index (κ1) is 7.37. The minimum atomic E-state index is 0.0891. The highest BCUT2D eigenvalue weighted by Gasteiger charge is 1.98. The molecule has 1 N–H and O–H groups in total. The Balaban J connectivity index is 2.68. The maximum absolute atomic E-state index is 10.1. The lowest BCUT2D eigenvalue weighted by atomic mass is 10.5. The molecule has 0 radical (unpaired) electrons. The predicted molar refractivity (Wildman–Crippen MR) is 38.3 cm³/mol. The highest BCUT2D eigenvalue weighted by Crippen LogP contribution is 2.07. The van der Waals surface area contributed by atoms with E-state index in [4.69, 9.17) is 5.11 Å². The molecule has 54 valence electrons. The smallest absolute Gasteiger partial charge is 0.169 e. The van der Waals surface area contributed by atoms with Crippen molar-refractivity contribution in [2.24, 2.45) is 0 Å². The third-order valence-corrected chi connectivity index (χ3v) is 1.94. The van der Waals surface area contributed by atoms with Crippen molar-refractivity contribution < 1.29 is 9.90 Å². The van der Waals surface area contributed by atoms with Gasteiger partial charge in [-0.15, -0.1) is 11.3 Å². The van der Waals surface area contributed by atoms with Crippen molar-refractivity contribution in [1.29, 1.82) is 0 Å². The second-order valence-electron chi connectivity index (χ2n) is 1.76. The maximum atomic E-state index is 10.1. The molecule has 0 amide bonds. The Bertz CT molecular complexity index is 221. The van der Waals surface area contributed by atoms with Crippen LogP contribution in [0.3, 0.4) is 0 Å². The van der Waals surface area contributed by atoms with Crippen molar-refractivity contribution in [2.45, 2.75) is 6.42 Å². The normalized spacial score (nSPS) is 9.70. The van der Waals surface area contributed by atoms with Gasteiger partial charge in [0.05, 0.1) is 5.01 Å². The summed E-state index contributed by atoms with van der Waals surface area (Å²) in [7, 11) is 0. The van der Waals surface area contributed by atoms with Gasteiger partial charge in [-0.3, -0.25) is 4.79 Å². The molecule has 0 unspecified atom stereocenters. The Morgan fingerprint density at radius 2 is 2.60 bits per heavy atom. The number of hydrogen-bond acceptors (Lipinski definition) is 4. The Morgan fingerprint density at radius 3 is 3.10 bits per heavy atom. The summed E-state index contributed by atoms with van der Waals surface area (Å²) in [4.78, 5) is 14.0. The molecular weight excluding hydrogens is 150 g/mol. The zero-order valence-corrected chi connectivity index (χ0v) is 6.10. The molecule has 0 saturated heterocycles. The van der Waals surface area contributed by atoms with Gasteiger partial charge < -0.3 is 5.11 Å². The first-order valence-corrected chi connectivity index (χ1v) is 3.75. The van der Waals surface area contributed by atoms with Gasteiger partial charge in [-0.05, 0) is 0 Å². The number of rotatable bonds is 3. The molecule has 1 aromatic rings. The number of aldehydes is 1. The van der Waals surface area contributed by atoms with E-state index in [2.05, 4.69) is 4.98 Å². The summed E-state index contributed by atoms with van der Waals surface area (Å²) < 4.78 is 0. The lowest BCUT2D eigenvalue weighted by molar-refractivity contribution is 0.111. The lowest BCUT2D eigenvalue weighted by Gasteiger charge is -1.85. The standard InChI is InChI=1S/C6H7NO2S/c8-2-1-6-7-5(3-9)4-10-6/h3-4,8H,1-2H2. The summed E-state index contributed by atoms with van der Waals surface area (Å²) >= 11 is 1.40. The van der Waals surface area contributed by atoms with Gasteiger partial charge >= 0.3 is 0 Å². The number of carbonyl (C=O) groups excluding carboxylic acids is 1. The van der Waals surface area contributed by atoms with Crippen LogP contribution in [-0.4, -0.2) is 23.0 Å². The monoisotopic (exact) mass is 157 g/mol.